The fourth-order valence-electron chi connectivity index (χ4n) is 3.85. The van der Waals surface area contributed by atoms with Gasteiger partial charge in [0.25, 0.3) is 15.9 Å². The molecule has 2 heterocycles. The second-order valence-corrected chi connectivity index (χ2v) is 12.3. The lowest BCUT2D eigenvalue weighted by molar-refractivity contribution is -0.0440. The van der Waals surface area contributed by atoms with E-state index < -0.39 is 26.0 Å². The summed E-state index contributed by atoms with van der Waals surface area (Å²) in [7, 11) is -7.64. The zero-order valence-corrected chi connectivity index (χ0v) is 22.1. The third-order valence-corrected chi connectivity index (χ3v) is 8.77. The Labute approximate surface area is 216 Å². The van der Waals surface area contributed by atoms with Crippen molar-refractivity contribution >= 4 is 37.6 Å². The molecule has 1 fully saturated rings. The van der Waals surface area contributed by atoms with Gasteiger partial charge in [0.15, 0.2) is 0 Å². The molecule has 1 aliphatic heterocycles. The van der Waals surface area contributed by atoms with E-state index in [0.717, 1.165) is 0 Å². The van der Waals surface area contributed by atoms with Crippen LogP contribution in [0.5, 0.6) is 0 Å². The number of aryl methyl sites for hydroxylation is 1. The lowest BCUT2D eigenvalue weighted by Gasteiger charge is -2.34. The normalized spacial score (nSPS) is 18.8. The molecule has 0 unspecified atom stereocenters. The molecular formula is C24H27N5O6S2. The average Bonchev–Trinajstić information content (AvgIpc) is 2.83. The third kappa shape index (κ3) is 6.31. The van der Waals surface area contributed by atoms with E-state index in [2.05, 4.69) is 20.0 Å². The summed E-state index contributed by atoms with van der Waals surface area (Å²) in [6, 6.07) is 12.9. The van der Waals surface area contributed by atoms with E-state index in [4.69, 9.17) is 4.74 Å². The van der Waals surface area contributed by atoms with Crippen molar-refractivity contribution in [1.82, 2.24) is 14.3 Å². The first kappa shape index (κ1) is 26.7. The summed E-state index contributed by atoms with van der Waals surface area (Å²) < 4.78 is 60.5. The molecule has 1 saturated heterocycles. The van der Waals surface area contributed by atoms with Gasteiger partial charge in [-0.2, -0.15) is 4.31 Å². The highest BCUT2D eigenvalue weighted by Gasteiger charge is 2.32. The lowest BCUT2D eigenvalue weighted by Crippen LogP contribution is -2.48. The van der Waals surface area contributed by atoms with Crippen LogP contribution in [0.1, 0.15) is 29.9 Å². The highest BCUT2D eigenvalue weighted by molar-refractivity contribution is 7.92. The van der Waals surface area contributed by atoms with Crippen LogP contribution < -0.4 is 10.0 Å². The van der Waals surface area contributed by atoms with Crippen LogP contribution in [0.2, 0.25) is 0 Å². The number of rotatable bonds is 7. The number of morpholine rings is 1. The number of anilines is 2. The number of benzene rings is 2. The van der Waals surface area contributed by atoms with Gasteiger partial charge in [-0.05, 0) is 75.4 Å². The largest absolute Gasteiger partial charge is 0.373 e. The maximum Gasteiger partial charge on any atom is 0.264 e. The summed E-state index contributed by atoms with van der Waals surface area (Å²) in [5.74, 6) is -0.514. The van der Waals surface area contributed by atoms with Crippen LogP contribution in [0, 0.1) is 6.92 Å². The number of carbonyl (C=O) groups is 1. The predicted molar refractivity (Wildman–Crippen MR) is 137 cm³/mol. The quantitative estimate of drug-likeness (QED) is 0.460. The number of nitrogens with one attached hydrogen (secondary N) is 2. The molecule has 11 nitrogen and oxygen atoms in total. The first-order chi connectivity index (χ1) is 17.4. The average molecular weight is 546 g/mol. The molecule has 0 aliphatic carbocycles. The van der Waals surface area contributed by atoms with Gasteiger partial charge in [-0.1, -0.05) is 0 Å². The van der Waals surface area contributed by atoms with Gasteiger partial charge in [0, 0.05) is 36.2 Å². The van der Waals surface area contributed by atoms with Crippen molar-refractivity contribution in [3.05, 3.63) is 72.1 Å². The number of aromatic nitrogens is 2. The fourth-order valence-corrected chi connectivity index (χ4v) is 6.39. The maximum atomic E-state index is 13.0. The topological polar surface area (TPSA) is 148 Å². The molecule has 2 aromatic carbocycles. The smallest absolute Gasteiger partial charge is 0.264 e. The predicted octanol–water partition coefficient (Wildman–Crippen LogP) is 2.64. The Bertz CT molecular complexity index is 1480. The van der Waals surface area contributed by atoms with E-state index >= 15 is 0 Å². The summed E-state index contributed by atoms with van der Waals surface area (Å²) in [5, 5.41) is 2.67. The SMILES string of the molecule is Cc1ccnc(NS(=O)(=O)c2ccc(NC(=O)c3ccc(S(=O)(=O)N4C[C@@H](C)O[C@H](C)C4)cc3)cc2)n1. The van der Waals surface area contributed by atoms with E-state index in [1.165, 1.54) is 59.0 Å². The van der Waals surface area contributed by atoms with Gasteiger partial charge in [-0.25, -0.2) is 31.5 Å². The van der Waals surface area contributed by atoms with Crippen LogP contribution in [0.25, 0.3) is 0 Å². The molecule has 1 amide bonds. The van der Waals surface area contributed by atoms with E-state index in [-0.39, 0.29) is 46.6 Å². The maximum absolute atomic E-state index is 13.0. The molecule has 13 heteroatoms. The molecule has 0 radical (unpaired) electrons. The minimum Gasteiger partial charge on any atom is -0.373 e. The second-order valence-electron chi connectivity index (χ2n) is 8.71. The molecule has 3 aromatic rings. The van der Waals surface area contributed by atoms with Crippen molar-refractivity contribution < 1.29 is 26.4 Å². The molecule has 0 spiro atoms. The van der Waals surface area contributed by atoms with E-state index in [1.807, 2.05) is 13.8 Å². The van der Waals surface area contributed by atoms with Gasteiger partial charge in [0.2, 0.25) is 16.0 Å². The molecule has 1 aliphatic rings. The molecule has 196 valence electrons. The number of sulfonamides is 2. The molecule has 2 N–H and O–H groups in total. The number of ether oxygens (including phenoxy) is 1. The molecule has 1 aromatic heterocycles. The van der Waals surface area contributed by atoms with Crippen molar-refractivity contribution in [3.8, 4) is 0 Å². The van der Waals surface area contributed by atoms with Crippen LogP contribution in [-0.4, -0.2) is 62.3 Å². The van der Waals surface area contributed by atoms with Crippen molar-refractivity contribution in [1.29, 1.82) is 0 Å². The zero-order chi connectivity index (χ0) is 26.8. The Kier molecular flexibility index (Phi) is 7.59. The number of amides is 1. The number of hydrogen-bond acceptors (Lipinski definition) is 8. The highest BCUT2D eigenvalue weighted by atomic mass is 32.2. The van der Waals surface area contributed by atoms with Gasteiger partial charge in [0.1, 0.15) is 0 Å². The Hall–Kier alpha value is -3.39. The molecular weight excluding hydrogens is 518 g/mol. The highest BCUT2D eigenvalue weighted by Crippen LogP contribution is 2.22. The summed E-state index contributed by atoms with van der Waals surface area (Å²) in [4.78, 5) is 20.7. The van der Waals surface area contributed by atoms with E-state index in [0.29, 0.717) is 11.4 Å². The van der Waals surface area contributed by atoms with Crippen LogP contribution in [0.4, 0.5) is 11.6 Å². The van der Waals surface area contributed by atoms with Crippen LogP contribution in [0.3, 0.4) is 0 Å². The minimum absolute atomic E-state index is 0.0306. The summed E-state index contributed by atoms with van der Waals surface area (Å²) in [5.41, 5.74) is 1.23. The van der Waals surface area contributed by atoms with Crippen molar-refractivity contribution in [2.45, 2.75) is 42.8 Å². The van der Waals surface area contributed by atoms with Gasteiger partial charge in [0.05, 0.1) is 22.0 Å². The first-order valence-corrected chi connectivity index (χ1v) is 14.4. The Morgan fingerprint density at radius 2 is 1.51 bits per heavy atom. The van der Waals surface area contributed by atoms with Gasteiger partial charge in [-0.15, -0.1) is 0 Å². The molecule has 4 rings (SSSR count). The Balaban J connectivity index is 1.42. The van der Waals surface area contributed by atoms with E-state index in [9.17, 15) is 21.6 Å². The third-order valence-electron chi connectivity index (χ3n) is 5.58. The summed E-state index contributed by atoms with van der Waals surface area (Å²) >= 11 is 0. The van der Waals surface area contributed by atoms with Gasteiger partial charge >= 0.3 is 0 Å². The zero-order valence-electron chi connectivity index (χ0n) is 20.5. The standard InChI is InChI=1S/C24H27N5O6S2/c1-16-12-13-25-24(26-16)28-36(31,32)21-10-6-20(7-11-21)27-23(30)19-4-8-22(9-5-19)37(33,34)29-14-17(2)35-18(3)15-29/h4-13,17-18H,14-15H2,1-3H3,(H,27,30)(H,25,26,28)/t17-,18-/m1/s1. The molecule has 0 saturated carbocycles. The number of nitrogens with zero attached hydrogens (tertiary/aromatic N) is 3. The molecule has 0 bridgehead atoms. The first-order valence-electron chi connectivity index (χ1n) is 11.4. The van der Waals surface area contributed by atoms with Crippen molar-refractivity contribution in [3.63, 3.8) is 0 Å². The second kappa shape index (κ2) is 10.5. The van der Waals surface area contributed by atoms with Gasteiger partial charge < -0.3 is 10.1 Å². The molecule has 37 heavy (non-hydrogen) atoms. The number of carbonyl (C=O) groups excluding carboxylic acids is 1. The summed E-state index contributed by atoms with van der Waals surface area (Å²) in [6.45, 7) is 5.88. The van der Waals surface area contributed by atoms with Crippen molar-refractivity contribution in [2.24, 2.45) is 0 Å². The lowest BCUT2D eigenvalue weighted by atomic mass is 10.2. The van der Waals surface area contributed by atoms with Gasteiger partial charge in [-0.3, -0.25) is 4.79 Å². The molecule has 2 atom stereocenters. The van der Waals surface area contributed by atoms with Crippen LogP contribution in [0.15, 0.2) is 70.6 Å². The number of hydrogen-bond donors (Lipinski definition) is 2. The Morgan fingerprint density at radius 1 is 0.919 bits per heavy atom. The van der Waals surface area contributed by atoms with Crippen LogP contribution in [-0.2, 0) is 24.8 Å². The monoisotopic (exact) mass is 545 g/mol. The van der Waals surface area contributed by atoms with Crippen LogP contribution >= 0.6 is 0 Å². The fraction of sp³-hybridized carbons (Fsp3) is 0.292. The van der Waals surface area contributed by atoms with E-state index in [1.54, 1.807) is 13.0 Å². The van der Waals surface area contributed by atoms with Crippen molar-refractivity contribution in [2.75, 3.05) is 23.1 Å². The Morgan fingerprint density at radius 3 is 2.11 bits per heavy atom. The minimum atomic E-state index is -3.92. The summed E-state index contributed by atoms with van der Waals surface area (Å²) in [6.07, 6.45) is 1.03.